The Bertz CT molecular complexity index is 1170. The van der Waals surface area contributed by atoms with Crippen LogP contribution in [0.4, 0.5) is 31.9 Å². The minimum atomic E-state index is -0.920. The van der Waals surface area contributed by atoms with Gasteiger partial charge in [0.2, 0.25) is 5.95 Å². The predicted octanol–water partition coefficient (Wildman–Crippen LogP) is 6.69. The quantitative estimate of drug-likeness (QED) is 0.144. The Hall–Kier alpha value is -2.40. The lowest BCUT2D eigenvalue weighted by molar-refractivity contribution is 0.267. The van der Waals surface area contributed by atoms with Crippen LogP contribution in [0.1, 0.15) is 26.7 Å². The molecule has 1 saturated heterocycles. The third-order valence-electron chi connectivity index (χ3n) is 5.92. The van der Waals surface area contributed by atoms with Crippen LogP contribution in [-0.2, 0) is 9.05 Å². The molecule has 0 bridgehead atoms. The van der Waals surface area contributed by atoms with Gasteiger partial charge < -0.3 is 25.0 Å². The second-order valence-electron chi connectivity index (χ2n) is 8.81. The van der Waals surface area contributed by atoms with Gasteiger partial charge in [-0.3, -0.25) is 0 Å². The zero-order valence-electron chi connectivity index (χ0n) is 22.2. The number of nitrogens with zero attached hydrogens (tertiary/aromatic N) is 3. The van der Waals surface area contributed by atoms with Gasteiger partial charge in [-0.05, 0) is 81.1 Å². The molecule has 0 radical (unpaired) electrons. The molecule has 1 aromatic heterocycles. The lowest BCUT2D eigenvalue weighted by Crippen LogP contribution is -2.40. The first-order chi connectivity index (χ1) is 19.0. The second kappa shape index (κ2) is 15.4. The SMILES string of the molecule is CCOP(CCNC1CCN(Sc2ccc(Nc3nccc(Nc4ccc(F)c(F)c4)n3)cc2)CC1)OCC. The number of aromatic nitrogens is 2. The van der Waals surface area contributed by atoms with Crippen molar-refractivity contribution in [3.63, 3.8) is 0 Å². The molecule has 210 valence electrons. The first-order valence-corrected chi connectivity index (χ1v) is 15.3. The molecule has 8 nitrogen and oxygen atoms in total. The fourth-order valence-electron chi connectivity index (χ4n) is 4.05. The Morgan fingerprint density at radius 2 is 1.67 bits per heavy atom. The molecule has 0 saturated carbocycles. The van der Waals surface area contributed by atoms with Gasteiger partial charge in [0.1, 0.15) is 5.82 Å². The maximum Gasteiger partial charge on any atom is 0.229 e. The summed E-state index contributed by atoms with van der Waals surface area (Å²) >= 11 is 1.77. The van der Waals surface area contributed by atoms with Crippen molar-refractivity contribution in [3.05, 3.63) is 66.4 Å². The number of hydrogen-bond donors (Lipinski definition) is 3. The van der Waals surface area contributed by atoms with Gasteiger partial charge in [0, 0.05) is 60.4 Å². The van der Waals surface area contributed by atoms with Crippen molar-refractivity contribution in [1.29, 1.82) is 0 Å². The van der Waals surface area contributed by atoms with Gasteiger partial charge in [-0.2, -0.15) is 4.98 Å². The van der Waals surface area contributed by atoms with Crippen LogP contribution in [0.3, 0.4) is 0 Å². The van der Waals surface area contributed by atoms with E-state index in [2.05, 4.69) is 42.4 Å². The third kappa shape index (κ3) is 9.63. The van der Waals surface area contributed by atoms with E-state index in [1.54, 1.807) is 24.2 Å². The summed E-state index contributed by atoms with van der Waals surface area (Å²) in [7, 11) is -0.781. The average Bonchev–Trinajstić information content (AvgIpc) is 2.93. The lowest BCUT2D eigenvalue weighted by atomic mass is 10.1. The Kier molecular flexibility index (Phi) is 11.7. The van der Waals surface area contributed by atoms with E-state index in [9.17, 15) is 8.78 Å². The number of rotatable bonds is 14. The second-order valence-corrected chi connectivity index (χ2v) is 11.6. The van der Waals surface area contributed by atoms with Crippen LogP contribution >= 0.6 is 20.3 Å². The molecule has 0 amide bonds. The Labute approximate surface area is 234 Å². The Morgan fingerprint density at radius 3 is 2.36 bits per heavy atom. The smallest absolute Gasteiger partial charge is 0.229 e. The van der Waals surface area contributed by atoms with Gasteiger partial charge in [0.25, 0.3) is 0 Å². The highest BCUT2D eigenvalue weighted by molar-refractivity contribution is 7.97. The van der Waals surface area contributed by atoms with E-state index in [0.717, 1.165) is 56.5 Å². The van der Waals surface area contributed by atoms with Crippen LogP contribution in [0.25, 0.3) is 0 Å². The van der Waals surface area contributed by atoms with Crippen molar-refractivity contribution in [2.75, 3.05) is 49.6 Å². The summed E-state index contributed by atoms with van der Waals surface area (Å²) in [5, 5.41) is 9.82. The molecule has 39 heavy (non-hydrogen) atoms. The highest BCUT2D eigenvalue weighted by Gasteiger charge is 2.20. The molecular formula is C27H35F2N6O2PS. The first-order valence-electron chi connectivity index (χ1n) is 13.1. The average molecular weight is 577 g/mol. The molecule has 1 fully saturated rings. The van der Waals surface area contributed by atoms with Crippen molar-refractivity contribution in [2.45, 2.75) is 37.6 Å². The molecule has 0 atom stereocenters. The van der Waals surface area contributed by atoms with E-state index in [1.807, 2.05) is 26.0 Å². The minimum Gasteiger partial charge on any atom is -0.340 e. The number of nitrogens with one attached hydrogen (secondary N) is 3. The van der Waals surface area contributed by atoms with Crippen LogP contribution in [-0.4, -0.2) is 59.3 Å². The van der Waals surface area contributed by atoms with Crippen LogP contribution in [0.15, 0.2) is 59.6 Å². The van der Waals surface area contributed by atoms with Gasteiger partial charge >= 0.3 is 0 Å². The molecule has 1 aliphatic rings. The summed E-state index contributed by atoms with van der Waals surface area (Å²) in [4.78, 5) is 9.82. The third-order valence-corrected chi connectivity index (χ3v) is 8.71. The van der Waals surface area contributed by atoms with Crippen LogP contribution in [0.2, 0.25) is 0 Å². The summed E-state index contributed by atoms with van der Waals surface area (Å²) in [6.07, 6.45) is 4.74. The summed E-state index contributed by atoms with van der Waals surface area (Å²) in [6.45, 7) is 8.38. The van der Waals surface area contributed by atoms with Crippen LogP contribution in [0, 0.1) is 11.6 Å². The summed E-state index contributed by atoms with van der Waals surface area (Å²) < 4.78 is 40.4. The highest BCUT2D eigenvalue weighted by Crippen LogP contribution is 2.37. The van der Waals surface area contributed by atoms with Gasteiger partial charge in [-0.1, -0.05) is 0 Å². The highest BCUT2D eigenvalue weighted by atomic mass is 32.2. The topological polar surface area (TPSA) is 83.6 Å². The Balaban J connectivity index is 1.20. The van der Waals surface area contributed by atoms with Crippen molar-refractivity contribution in [2.24, 2.45) is 0 Å². The molecule has 4 rings (SSSR count). The number of benzene rings is 2. The number of anilines is 4. The van der Waals surface area contributed by atoms with E-state index >= 15 is 0 Å². The number of piperidine rings is 1. The van der Waals surface area contributed by atoms with Gasteiger partial charge in [0.05, 0.1) is 13.2 Å². The molecule has 3 N–H and O–H groups in total. The van der Waals surface area contributed by atoms with E-state index in [-0.39, 0.29) is 0 Å². The molecule has 3 aromatic rings. The summed E-state index contributed by atoms with van der Waals surface area (Å²) in [5.41, 5.74) is 1.25. The van der Waals surface area contributed by atoms with Gasteiger partial charge in [0.15, 0.2) is 20.0 Å². The molecular weight excluding hydrogens is 541 g/mol. The zero-order chi connectivity index (χ0) is 27.5. The summed E-state index contributed by atoms with van der Waals surface area (Å²) in [6, 6.07) is 13.9. The molecule has 2 heterocycles. The lowest BCUT2D eigenvalue weighted by Gasteiger charge is -2.31. The number of halogens is 2. The zero-order valence-corrected chi connectivity index (χ0v) is 23.9. The normalized spacial score (nSPS) is 14.6. The van der Waals surface area contributed by atoms with E-state index in [4.69, 9.17) is 9.05 Å². The van der Waals surface area contributed by atoms with Crippen molar-refractivity contribution in [1.82, 2.24) is 19.6 Å². The van der Waals surface area contributed by atoms with Crippen LogP contribution in [0.5, 0.6) is 0 Å². The van der Waals surface area contributed by atoms with Crippen LogP contribution < -0.4 is 16.0 Å². The minimum absolute atomic E-state index is 0.396. The van der Waals surface area contributed by atoms with Crippen molar-refractivity contribution >= 4 is 43.5 Å². The molecule has 0 aliphatic carbocycles. The van der Waals surface area contributed by atoms with E-state index in [0.29, 0.717) is 36.7 Å². The predicted molar refractivity (Wildman–Crippen MR) is 155 cm³/mol. The monoisotopic (exact) mass is 576 g/mol. The fraction of sp³-hybridized carbons (Fsp3) is 0.407. The van der Waals surface area contributed by atoms with E-state index < -0.39 is 20.0 Å². The largest absolute Gasteiger partial charge is 0.340 e. The summed E-state index contributed by atoms with van der Waals surface area (Å²) in [5.74, 6) is -0.952. The first kappa shape index (κ1) is 29.6. The molecule has 0 unspecified atom stereocenters. The Morgan fingerprint density at radius 1 is 0.949 bits per heavy atom. The van der Waals surface area contributed by atoms with Gasteiger partial charge in [-0.15, -0.1) is 0 Å². The maximum atomic E-state index is 13.5. The van der Waals surface area contributed by atoms with Crippen molar-refractivity contribution in [3.8, 4) is 0 Å². The molecule has 1 aliphatic heterocycles. The van der Waals surface area contributed by atoms with E-state index in [1.165, 1.54) is 11.0 Å². The van der Waals surface area contributed by atoms with Crippen molar-refractivity contribution < 1.29 is 17.8 Å². The fourth-order valence-corrected chi connectivity index (χ4v) is 6.22. The molecule has 2 aromatic carbocycles. The molecule has 12 heteroatoms. The maximum absolute atomic E-state index is 13.5. The number of hydrogen-bond acceptors (Lipinski definition) is 9. The molecule has 0 spiro atoms. The standard InChI is InChI=1S/C27H35F2N6O2PS/c1-3-36-38(37-4-2)18-15-30-20-12-16-35(17-13-20)39-23-8-5-21(6-9-23)33-27-31-14-11-26(34-27)32-22-7-10-24(28)25(29)19-22/h5-11,14,19-20,30H,3-4,12-13,15-18H2,1-2H3,(H2,31,32,33,34). The van der Waals surface area contributed by atoms with Gasteiger partial charge in [-0.25, -0.2) is 18.1 Å².